The molecule has 1 atom stereocenters. The van der Waals surface area contributed by atoms with Crippen LogP contribution in [0.4, 0.5) is 0 Å². The van der Waals surface area contributed by atoms with Crippen molar-refractivity contribution >= 4 is 27.7 Å². The van der Waals surface area contributed by atoms with Gasteiger partial charge in [0.1, 0.15) is 0 Å². The van der Waals surface area contributed by atoms with Gasteiger partial charge in [0.15, 0.2) is 0 Å². The molecule has 2 rings (SSSR count). The van der Waals surface area contributed by atoms with Crippen molar-refractivity contribution in [3.63, 3.8) is 0 Å². The molecule has 2 fully saturated rings. The molecule has 1 saturated carbocycles. The summed E-state index contributed by atoms with van der Waals surface area (Å²) in [5, 5.41) is 3.02. The first-order valence-corrected chi connectivity index (χ1v) is 5.81. The molecule has 15 heavy (non-hydrogen) atoms. The number of hydrogen-bond donors (Lipinski definition) is 1. The molecule has 0 spiro atoms. The second-order valence-electron chi connectivity index (χ2n) is 3.99. The minimum atomic E-state index is -0.354. The largest absolute Gasteiger partial charge is 0.301 e. The number of rotatable bonds is 4. The molecular formula is C10H13BrN2O2. The average molecular weight is 273 g/mol. The minimum absolute atomic E-state index is 0.0415. The van der Waals surface area contributed by atoms with E-state index in [4.69, 9.17) is 0 Å². The average Bonchev–Trinajstić information content (AvgIpc) is 2.92. The quantitative estimate of drug-likeness (QED) is 0.770. The molecule has 1 aliphatic carbocycles. The lowest BCUT2D eigenvalue weighted by Gasteiger charge is -2.14. The van der Waals surface area contributed by atoms with Crippen molar-refractivity contribution in [1.82, 2.24) is 10.2 Å². The summed E-state index contributed by atoms with van der Waals surface area (Å²) in [6.07, 6.45) is 2.22. The topological polar surface area (TPSA) is 49.4 Å². The van der Waals surface area contributed by atoms with E-state index in [-0.39, 0.29) is 30.3 Å². The number of imide groups is 1. The van der Waals surface area contributed by atoms with E-state index in [0.717, 1.165) is 17.3 Å². The van der Waals surface area contributed by atoms with Crippen molar-refractivity contribution < 1.29 is 9.59 Å². The smallest absolute Gasteiger partial charge is 0.247 e. The lowest BCUT2D eigenvalue weighted by Crippen LogP contribution is -2.40. The van der Waals surface area contributed by atoms with Gasteiger partial charge in [-0.2, -0.15) is 0 Å². The molecule has 5 heteroatoms. The lowest BCUT2D eigenvalue weighted by atomic mass is 10.2. The maximum atomic E-state index is 11.8. The third kappa shape index (κ3) is 2.29. The van der Waals surface area contributed by atoms with Crippen LogP contribution in [0.25, 0.3) is 0 Å². The van der Waals surface area contributed by atoms with E-state index in [0.29, 0.717) is 6.54 Å². The van der Waals surface area contributed by atoms with Gasteiger partial charge in [-0.15, -0.1) is 0 Å². The van der Waals surface area contributed by atoms with Gasteiger partial charge in [-0.25, -0.2) is 0 Å². The zero-order chi connectivity index (χ0) is 11.0. The van der Waals surface area contributed by atoms with Crippen LogP contribution in [-0.4, -0.2) is 35.3 Å². The first-order valence-electron chi connectivity index (χ1n) is 5.02. The number of halogens is 1. The lowest BCUT2D eigenvalue weighted by molar-refractivity contribution is -0.139. The number of likely N-dealkylation sites (tertiary alicyclic amines) is 1. The molecule has 82 valence electrons. The molecule has 4 nitrogen and oxygen atoms in total. The van der Waals surface area contributed by atoms with Crippen molar-refractivity contribution in [2.75, 3.05) is 6.54 Å². The van der Waals surface area contributed by atoms with E-state index in [1.165, 1.54) is 4.90 Å². The van der Waals surface area contributed by atoms with E-state index in [9.17, 15) is 9.59 Å². The third-order valence-corrected chi connectivity index (χ3v) is 2.92. The van der Waals surface area contributed by atoms with Gasteiger partial charge in [-0.05, 0) is 12.8 Å². The Hall–Kier alpha value is -0.680. The fourth-order valence-electron chi connectivity index (χ4n) is 1.76. The molecular weight excluding hydrogens is 260 g/mol. The van der Waals surface area contributed by atoms with E-state index < -0.39 is 0 Å². The molecule has 0 aromatic heterocycles. The van der Waals surface area contributed by atoms with Crippen molar-refractivity contribution in [2.24, 2.45) is 0 Å². The van der Waals surface area contributed by atoms with Gasteiger partial charge < -0.3 is 5.32 Å². The standard InChI is InChI=1S/C10H13BrN2O2/c1-6(11)5-12-8-4-9(14)13(10(8)15)7-2-3-7/h7-8,12H,1-5H2. The second-order valence-corrected chi connectivity index (χ2v) is 5.11. The summed E-state index contributed by atoms with van der Waals surface area (Å²) in [5.74, 6) is -0.114. The summed E-state index contributed by atoms with van der Waals surface area (Å²) in [6, 6.07) is -0.170. The van der Waals surface area contributed by atoms with Gasteiger partial charge in [0, 0.05) is 17.1 Å². The fourth-order valence-corrected chi connectivity index (χ4v) is 1.92. The Morgan fingerprint density at radius 2 is 2.20 bits per heavy atom. The molecule has 0 bridgehead atoms. The number of nitrogens with zero attached hydrogens (tertiary/aromatic N) is 1. The van der Waals surface area contributed by atoms with Gasteiger partial charge in [-0.1, -0.05) is 22.5 Å². The van der Waals surface area contributed by atoms with Crippen LogP contribution in [0.15, 0.2) is 11.1 Å². The summed E-state index contributed by atoms with van der Waals surface area (Å²) >= 11 is 3.21. The van der Waals surface area contributed by atoms with Crippen LogP contribution in [0.1, 0.15) is 19.3 Å². The first kappa shape index (κ1) is 10.8. The predicted octanol–water partition coefficient (Wildman–Crippen LogP) is 0.774. The van der Waals surface area contributed by atoms with Gasteiger partial charge in [0.2, 0.25) is 11.8 Å². The van der Waals surface area contributed by atoms with Crippen molar-refractivity contribution in [3.05, 3.63) is 11.1 Å². The van der Waals surface area contributed by atoms with E-state index in [1.807, 2.05) is 0 Å². The number of carbonyl (C=O) groups excluding carboxylic acids is 2. The molecule has 0 aromatic rings. The highest BCUT2D eigenvalue weighted by molar-refractivity contribution is 9.11. The summed E-state index contributed by atoms with van der Waals surface area (Å²) in [6.45, 7) is 4.19. The predicted molar refractivity (Wildman–Crippen MR) is 59.3 cm³/mol. The molecule has 2 amide bonds. The van der Waals surface area contributed by atoms with Crippen LogP contribution in [0, 0.1) is 0 Å². The fraction of sp³-hybridized carbons (Fsp3) is 0.600. The molecule has 0 aromatic carbocycles. The molecule has 1 aliphatic heterocycles. The first-order chi connectivity index (χ1) is 7.09. The van der Waals surface area contributed by atoms with Crippen LogP contribution in [0.2, 0.25) is 0 Å². The Kier molecular flexibility index (Phi) is 2.93. The van der Waals surface area contributed by atoms with Gasteiger partial charge in [-0.3, -0.25) is 14.5 Å². The molecule has 1 heterocycles. The van der Waals surface area contributed by atoms with Crippen LogP contribution >= 0.6 is 15.9 Å². The van der Waals surface area contributed by atoms with Crippen molar-refractivity contribution in [1.29, 1.82) is 0 Å². The molecule has 1 saturated heterocycles. The normalized spacial score (nSPS) is 26.2. The van der Waals surface area contributed by atoms with Crippen LogP contribution in [-0.2, 0) is 9.59 Å². The second kappa shape index (κ2) is 4.06. The zero-order valence-corrected chi connectivity index (χ0v) is 9.92. The van der Waals surface area contributed by atoms with Crippen LogP contribution in [0.3, 0.4) is 0 Å². The maximum absolute atomic E-state index is 11.8. The van der Waals surface area contributed by atoms with E-state index in [2.05, 4.69) is 27.8 Å². The number of nitrogens with one attached hydrogen (secondary N) is 1. The monoisotopic (exact) mass is 272 g/mol. The summed E-state index contributed by atoms with van der Waals surface area (Å²) in [4.78, 5) is 24.8. The molecule has 0 radical (unpaired) electrons. The third-order valence-electron chi connectivity index (χ3n) is 2.64. The zero-order valence-electron chi connectivity index (χ0n) is 8.33. The van der Waals surface area contributed by atoms with Gasteiger partial charge in [0.05, 0.1) is 12.5 Å². The Labute approximate surface area is 96.8 Å². The number of amides is 2. The molecule has 1 unspecified atom stereocenters. The van der Waals surface area contributed by atoms with E-state index >= 15 is 0 Å². The van der Waals surface area contributed by atoms with Crippen LogP contribution < -0.4 is 5.32 Å². The van der Waals surface area contributed by atoms with E-state index in [1.54, 1.807) is 0 Å². The highest BCUT2D eigenvalue weighted by Crippen LogP contribution is 2.31. The Balaban J connectivity index is 1.95. The molecule has 2 aliphatic rings. The number of carbonyl (C=O) groups is 2. The summed E-state index contributed by atoms with van der Waals surface area (Å²) in [7, 11) is 0. The minimum Gasteiger partial charge on any atom is -0.301 e. The van der Waals surface area contributed by atoms with Gasteiger partial charge >= 0.3 is 0 Å². The Morgan fingerprint density at radius 1 is 1.53 bits per heavy atom. The van der Waals surface area contributed by atoms with Gasteiger partial charge in [0.25, 0.3) is 0 Å². The Bertz CT molecular complexity index is 325. The highest BCUT2D eigenvalue weighted by Gasteiger charge is 2.45. The molecule has 1 N–H and O–H groups in total. The summed E-state index contributed by atoms with van der Waals surface area (Å²) in [5.41, 5.74) is 0. The highest BCUT2D eigenvalue weighted by atomic mass is 79.9. The van der Waals surface area contributed by atoms with Crippen molar-refractivity contribution in [3.8, 4) is 0 Å². The van der Waals surface area contributed by atoms with Crippen LogP contribution in [0.5, 0.6) is 0 Å². The van der Waals surface area contributed by atoms with Crippen molar-refractivity contribution in [2.45, 2.75) is 31.3 Å². The number of hydrogen-bond acceptors (Lipinski definition) is 3. The maximum Gasteiger partial charge on any atom is 0.247 e. The summed E-state index contributed by atoms with van der Waals surface area (Å²) < 4.78 is 0.785. The Morgan fingerprint density at radius 3 is 2.73 bits per heavy atom. The SMILES string of the molecule is C=C(Br)CNC1CC(=O)N(C2CC2)C1=O.